The Bertz CT molecular complexity index is 423. The summed E-state index contributed by atoms with van der Waals surface area (Å²) in [6.07, 6.45) is 1.94. The van der Waals surface area contributed by atoms with Crippen molar-refractivity contribution in [2.45, 2.75) is 45.8 Å². The summed E-state index contributed by atoms with van der Waals surface area (Å²) < 4.78 is 0. The largest absolute Gasteiger partial charge is 0.392 e. The van der Waals surface area contributed by atoms with Crippen LogP contribution in [-0.2, 0) is 4.79 Å². The molecule has 3 aliphatic rings. The van der Waals surface area contributed by atoms with E-state index >= 15 is 0 Å². The Morgan fingerprint density at radius 1 is 1.29 bits per heavy atom. The van der Waals surface area contributed by atoms with Crippen molar-refractivity contribution in [3.63, 3.8) is 0 Å². The molecule has 0 aromatic rings. The number of fused-ring (bicyclic) bond motifs is 3. The van der Waals surface area contributed by atoms with Gasteiger partial charge in [0.05, 0.1) is 12.2 Å². The summed E-state index contributed by atoms with van der Waals surface area (Å²) in [7, 11) is 0. The fourth-order valence-corrected chi connectivity index (χ4v) is 4.52. The van der Waals surface area contributed by atoms with E-state index in [0.717, 1.165) is 12.0 Å². The lowest BCUT2D eigenvalue weighted by molar-refractivity contribution is -0.116. The van der Waals surface area contributed by atoms with Crippen LogP contribution in [0, 0.1) is 22.7 Å². The van der Waals surface area contributed by atoms with Crippen molar-refractivity contribution >= 4 is 5.78 Å². The van der Waals surface area contributed by atoms with Crippen LogP contribution in [0.25, 0.3) is 0 Å². The molecule has 0 heterocycles. The molecular weight excluding hydrogens is 216 g/mol. The molecule has 3 aliphatic carbocycles. The van der Waals surface area contributed by atoms with Crippen LogP contribution in [0.4, 0.5) is 0 Å². The first-order chi connectivity index (χ1) is 7.77. The minimum atomic E-state index is -0.534. The highest BCUT2D eigenvalue weighted by molar-refractivity contribution is 5.95. The Balaban J connectivity index is 2.08. The molecule has 0 aromatic heterocycles. The van der Waals surface area contributed by atoms with Gasteiger partial charge in [-0.25, -0.2) is 0 Å². The molecule has 0 aliphatic heterocycles. The minimum absolute atomic E-state index is 0.0326. The van der Waals surface area contributed by atoms with Gasteiger partial charge in [0, 0.05) is 17.8 Å². The topological polar surface area (TPSA) is 57.5 Å². The Morgan fingerprint density at radius 2 is 1.94 bits per heavy atom. The second-order valence-electron chi connectivity index (χ2n) is 6.93. The van der Waals surface area contributed by atoms with Gasteiger partial charge in [-0.05, 0) is 29.4 Å². The maximum absolute atomic E-state index is 11.6. The molecule has 3 nitrogen and oxygen atoms in total. The van der Waals surface area contributed by atoms with Crippen LogP contribution in [0.2, 0.25) is 0 Å². The molecule has 0 radical (unpaired) electrons. The lowest BCUT2D eigenvalue weighted by Gasteiger charge is -2.34. The highest BCUT2D eigenvalue weighted by atomic mass is 16.3. The number of aliphatic hydroxyl groups excluding tert-OH is 2. The van der Waals surface area contributed by atoms with E-state index in [1.165, 1.54) is 0 Å². The van der Waals surface area contributed by atoms with Crippen LogP contribution in [0.5, 0.6) is 0 Å². The molecule has 2 saturated carbocycles. The monoisotopic (exact) mass is 236 g/mol. The van der Waals surface area contributed by atoms with Crippen LogP contribution in [0.3, 0.4) is 0 Å². The van der Waals surface area contributed by atoms with E-state index in [9.17, 15) is 15.0 Å². The quantitative estimate of drug-likeness (QED) is 0.666. The number of rotatable bonds is 0. The smallest absolute Gasteiger partial charge is 0.156 e. The molecule has 3 rings (SSSR count). The van der Waals surface area contributed by atoms with Crippen LogP contribution in [0.1, 0.15) is 33.6 Å². The normalized spacial score (nSPS) is 51.4. The molecule has 94 valence electrons. The summed E-state index contributed by atoms with van der Waals surface area (Å²) in [5.41, 5.74) is 0.400. The lowest BCUT2D eigenvalue weighted by atomic mass is 9.72. The number of carbonyl (C=O) groups is 1. The molecule has 0 unspecified atom stereocenters. The zero-order valence-electron chi connectivity index (χ0n) is 10.6. The summed E-state index contributed by atoms with van der Waals surface area (Å²) in [4.78, 5) is 11.6. The van der Waals surface area contributed by atoms with Gasteiger partial charge in [0.2, 0.25) is 0 Å². The fourth-order valence-electron chi connectivity index (χ4n) is 4.52. The van der Waals surface area contributed by atoms with E-state index in [1.54, 1.807) is 6.08 Å². The predicted molar refractivity (Wildman–Crippen MR) is 63.2 cm³/mol. The van der Waals surface area contributed by atoms with Gasteiger partial charge in [0.25, 0.3) is 0 Å². The standard InChI is InChI=1S/C14H20O3/c1-13(2)6-8-10(12(13)17)14(3)5-7(15)4-9(14)11(8)16/h4,8,10-12,16-17H,5-6H2,1-3H3/t8-,10-,11-,12+,14+/m0/s1. The first-order valence-corrected chi connectivity index (χ1v) is 6.38. The number of allylic oxidation sites excluding steroid dienone is 1. The summed E-state index contributed by atoms with van der Waals surface area (Å²) in [5.74, 6) is 0.242. The van der Waals surface area contributed by atoms with E-state index in [0.29, 0.717) is 6.42 Å². The molecule has 17 heavy (non-hydrogen) atoms. The molecule has 2 N–H and O–H groups in total. The van der Waals surface area contributed by atoms with E-state index in [-0.39, 0.29) is 28.4 Å². The number of aliphatic hydroxyl groups is 2. The number of hydrogen-bond donors (Lipinski definition) is 2. The highest BCUT2D eigenvalue weighted by Crippen LogP contribution is 2.64. The SMILES string of the molecule is CC1(C)C[C@H]2[C@@H]([C@H]1O)[C@]1(C)CC(=O)C=C1[C@H]2O. The second kappa shape index (κ2) is 3.01. The zero-order chi connectivity index (χ0) is 12.6. The molecule has 0 saturated heterocycles. The third-order valence-electron chi connectivity index (χ3n) is 5.34. The Morgan fingerprint density at radius 3 is 2.59 bits per heavy atom. The van der Waals surface area contributed by atoms with Crippen molar-refractivity contribution < 1.29 is 15.0 Å². The lowest BCUT2D eigenvalue weighted by Crippen LogP contribution is -2.36. The van der Waals surface area contributed by atoms with Gasteiger partial charge >= 0.3 is 0 Å². The minimum Gasteiger partial charge on any atom is -0.392 e. The molecule has 3 heteroatoms. The van der Waals surface area contributed by atoms with E-state index < -0.39 is 12.2 Å². The average molecular weight is 236 g/mol. The van der Waals surface area contributed by atoms with Crippen molar-refractivity contribution in [2.75, 3.05) is 0 Å². The first kappa shape index (κ1) is 11.4. The van der Waals surface area contributed by atoms with E-state index in [2.05, 4.69) is 0 Å². The Kier molecular flexibility index (Phi) is 2.02. The third kappa shape index (κ3) is 1.22. The van der Waals surface area contributed by atoms with Gasteiger partial charge in [0.1, 0.15) is 0 Å². The summed E-state index contributed by atoms with van der Waals surface area (Å²) >= 11 is 0. The van der Waals surface area contributed by atoms with Gasteiger partial charge < -0.3 is 10.2 Å². The number of hydrogen-bond acceptors (Lipinski definition) is 3. The van der Waals surface area contributed by atoms with E-state index in [1.807, 2.05) is 20.8 Å². The average Bonchev–Trinajstić information content (AvgIpc) is 2.68. The number of carbonyl (C=O) groups excluding carboxylic acids is 1. The van der Waals surface area contributed by atoms with Crippen molar-refractivity contribution in [3.05, 3.63) is 11.6 Å². The summed E-state index contributed by atoms with van der Waals surface area (Å²) in [6.45, 7) is 6.13. The molecule has 0 aromatic carbocycles. The Hall–Kier alpha value is -0.670. The molecule has 2 fully saturated rings. The van der Waals surface area contributed by atoms with E-state index in [4.69, 9.17) is 0 Å². The van der Waals surface area contributed by atoms with Crippen LogP contribution >= 0.6 is 0 Å². The van der Waals surface area contributed by atoms with Crippen molar-refractivity contribution in [3.8, 4) is 0 Å². The second-order valence-corrected chi connectivity index (χ2v) is 6.93. The van der Waals surface area contributed by atoms with Crippen LogP contribution < -0.4 is 0 Å². The van der Waals surface area contributed by atoms with Crippen molar-refractivity contribution in [1.29, 1.82) is 0 Å². The van der Waals surface area contributed by atoms with Gasteiger partial charge in [0.15, 0.2) is 5.78 Å². The maximum Gasteiger partial charge on any atom is 0.156 e. The predicted octanol–water partition coefficient (Wildman–Crippen LogP) is 1.29. The maximum atomic E-state index is 11.6. The molecule has 0 bridgehead atoms. The molecule has 0 spiro atoms. The van der Waals surface area contributed by atoms with Crippen LogP contribution in [-0.4, -0.2) is 28.2 Å². The van der Waals surface area contributed by atoms with Gasteiger partial charge in [-0.1, -0.05) is 20.8 Å². The fraction of sp³-hybridized carbons (Fsp3) is 0.786. The first-order valence-electron chi connectivity index (χ1n) is 6.38. The number of ketones is 1. The van der Waals surface area contributed by atoms with Crippen molar-refractivity contribution in [2.24, 2.45) is 22.7 Å². The Labute approximate surface area is 102 Å². The van der Waals surface area contributed by atoms with Gasteiger partial charge in [-0.2, -0.15) is 0 Å². The van der Waals surface area contributed by atoms with Crippen molar-refractivity contribution in [1.82, 2.24) is 0 Å². The van der Waals surface area contributed by atoms with Gasteiger partial charge in [-0.15, -0.1) is 0 Å². The molecular formula is C14H20O3. The third-order valence-corrected chi connectivity index (χ3v) is 5.34. The zero-order valence-corrected chi connectivity index (χ0v) is 10.6. The summed E-state index contributed by atoms with van der Waals surface area (Å²) in [6, 6.07) is 0. The highest BCUT2D eigenvalue weighted by Gasteiger charge is 2.65. The van der Waals surface area contributed by atoms with Gasteiger partial charge in [-0.3, -0.25) is 4.79 Å². The summed E-state index contributed by atoms with van der Waals surface area (Å²) in [5, 5.41) is 20.9. The molecule has 0 amide bonds. The molecule has 5 atom stereocenters. The van der Waals surface area contributed by atoms with Crippen LogP contribution in [0.15, 0.2) is 11.6 Å².